The first-order valence-electron chi connectivity index (χ1n) is 3.02. The molecule has 0 aromatic carbocycles. The molecule has 4 heteroatoms. The van der Waals surface area contributed by atoms with Crippen molar-refractivity contribution in [3.63, 3.8) is 0 Å². The fourth-order valence-electron chi connectivity index (χ4n) is 0.720. The van der Waals surface area contributed by atoms with Crippen molar-refractivity contribution in [3.8, 4) is 0 Å². The van der Waals surface area contributed by atoms with Crippen molar-refractivity contribution in [2.75, 3.05) is 7.11 Å². The van der Waals surface area contributed by atoms with Crippen LogP contribution in [0.25, 0.3) is 0 Å². The van der Waals surface area contributed by atoms with E-state index in [1.54, 1.807) is 19.5 Å². The third-order valence-electron chi connectivity index (χ3n) is 1.24. The molecule has 0 aliphatic heterocycles. The van der Waals surface area contributed by atoms with E-state index in [0.717, 1.165) is 5.56 Å². The predicted molar refractivity (Wildman–Crippen MR) is 45.0 cm³/mol. The molecule has 0 saturated heterocycles. The molecule has 0 atom stereocenters. The van der Waals surface area contributed by atoms with E-state index >= 15 is 0 Å². The molecular weight excluding hydrogens is 185 g/mol. The highest BCUT2D eigenvalue weighted by Gasteiger charge is 2.04. The van der Waals surface area contributed by atoms with Crippen LogP contribution in [0.2, 0.25) is 10.0 Å². The quantitative estimate of drug-likeness (QED) is 0.718. The molecule has 60 valence electrons. The van der Waals surface area contributed by atoms with E-state index in [9.17, 15) is 0 Å². The molecule has 0 bridgehead atoms. The number of hydrogen-bond acceptors (Lipinski definition) is 2. The smallest absolute Gasteiger partial charge is 0.0743 e. The van der Waals surface area contributed by atoms with E-state index in [4.69, 9.17) is 27.9 Å². The zero-order valence-electron chi connectivity index (χ0n) is 5.97. The molecule has 0 radical (unpaired) electrons. The molecule has 1 aromatic rings. The van der Waals surface area contributed by atoms with Gasteiger partial charge in [-0.3, -0.25) is 4.98 Å². The summed E-state index contributed by atoms with van der Waals surface area (Å²) in [6.45, 7) is 0.417. The van der Waals surface area contributed by atoms with Crippen LogP contribution in [0.5, 0.6) is 0 Å². The number of pyridine rings is 1. The zero-order chi connectivity index (χ0) is 8.27. The zero-order valence-corrected chi connectivity index (χ0v) is 7.49. The first kappa shape index (κ1) is 8.78. The highest BCUT2D eigenvalue weighted by atomic mass is 35.5. The van der Waals surface area contributed by atoms with Crippen molar-refractivity contribution in [3.05, 3.63) is 28.0 Å². The Morgan fingerprint density at radius 2 is 1.91 bits per heavy atom. The van der Waals surface area contributed by atoms with Gasteiger partial charge in [-0.1, -0.05) is 23.2 Å². The van der Waals surface area contributed by atoms with Crippen LogP contribution in [0.4, 0.5) is 0 Å². The van der Waals surface area contributed by atoms with Crippen molar-refractivity contribution in [2.24, 2.45) is 0 Å². The van der Waals surface area contributed by atoms with E-state index in [-0.39, 0.29) is 0 Å². The largest absolute Gasteiger partial charge is 0.380 e. The summed E-state index contributed by atoms with van der Waals surface area (Å²) in [6, 6.07) is 0. The third kappa shape index (κ3) is 2.06. The SMILES string of the molecule is COCc1c(Cl)cncc1Cl. The maximum Gasteiger partial charge on any atom is 0.0743 e. The second-order valence-electron chi connectivity index (χ2n) is 2.01. The van der Waals surface area contributed by atoms with Gasteiger partial charge in [-0.05, 0) is 0 Å². The van der Waals surface area contributed by atoms with Gasteiger partial charge in [-0.15, -0.1) is 0 Å². The maximum absolute atomic E-state index is 5.78. The molecule has 1 aromatic heterocycles. The minimum absolute atomic E-state index is 0.417. The number of hydrogen-bond donors (Lipinski definition) is 0. The molecule has 0 N–H and O–H groups in total. The lowest BCUT2D eigenvalue weighted by Crippen LogP contribution is -1.90. The normalized spacial score (nSPS) is 10.1. The van der Waals surface area contributed by atoms with Gasteiger partial charge in [-0.2, -0.15) is 0 Å². The lowest BCUT2D eigenvalue weighted by molar-refractivity contribution is 0.185. The first-order chi connectivity index (χ1) is 5.25. The summed E-state index contributed by atoms with van der Waals surface area (Å²) in [7, 11) is 1.59. The van der Waals surface area contributed by atoms with E-state index < -0.39 is 0 Å². The lowest BCUT2D eigenvalue weighted by atomic mass is 10.3. The van der Waals surface area contributed by atoms with E-state index in [1.807, 2.05) is 0 Å². The van der Waals surface area contributed by atoms with Gasteiger partial charge in [0, 0.05) is 25.1 Å². The first-order valence-corrected chi connectivity index (χ1v) is 3.78. The molecule has 0 fully saturated rings. The minimum Gasteiger partial charge on any atom is -0.380 e. The van der Waals surface area contributed by atoms with Gasteiger partial charge in [-0.25, -0.2) is 0 Å². The molecule has 0 aliphatic rings. The fraction of sp³-hybridized carbons (Fsp3) is 0.286. The summed E-state index contributed by atoms with van der Waals surface area (Å²) in [5.41, 5.74) is 0.783. The summed E-state index contributed by atoms with van der Waals surface area (Å²) in [5.74, 6) is 0. The Kier molecular flexibility index (Phi) is 3.12. The Balaban J connectivity index is 3.00. The average Bonchev–Trinajstić information content (AvgIpc) is 1.97. The number of halogens is 2. The number of nitrogens with zero attached hydrogens (tertiary/aromatic N) is 1. The molecule has 0 saturated carbocycles. The molecule has 0 amide bonds. The second-order valence-corrected chi connectivity index (χ2v) is 2.83. The third-order valence-corrected chi connectivity index (χ3v) is 1.89. The summed E-state index contributed by atoms with van der Waals surface area (Å²) >= 11 is 11.6. The molecule has 0 aliphatic carbocycles. The highest BCUT2D eigenvalue weighted by Crippen LogP contribution is 2.22. The summed E-state index contributed by atoms with van der Waals surface area (Å²) in [6.07, 6.45) is 3.09. The second kappa shape index (κ2) is 3.90. The van der Waals surface area contributed by atoms with E-state index in [2.05, 4.69) is 4.98 Å². The molecule has 0 unspecified atom stereocenters. The molecule has 0 spiro atoms. The van der Waals surface area contributed by atoms with Crippen molar-refractivity contribution in [1.82, 2.24) is 4.98 Å². The fourth-order valence-corrected chi connectivity index (χ4v) is 1.19. The Bertz CT molecular complexity index is 232. The molecule has 1 heterocycles. The van der Waals surface area contributed by atoms with Crippen LogP contribution in [-0.2, 0) is 11.3 Å². The van der Waals surface area contributed by atoms with Crippen LogP contribution in [0, 0.1) is 0 Å². The number of rotatable bonds is 2. The van der Waals surface area contributed by atoms with E-state index in [1.165, 1.54) is 0 Å². The van der Waals surface area contributed by atoms with Crippen LogP contribution in [0.15, 0.2) is 12.4 Å². The summed E-state index contributed by atoms with van der Waals surface area (Å²) in [5, 5.41) is 1.08. The number of ether oxygens (including phenoxy) is 1. The van der Waals surface area contributed by atoms with E-state index in [0.29, 0.717) is 16.7 Å². The Labute approximate surface area is 75.1 Å². The maximum atomic E-state index is 5.78. The van der Waals surface area contributed by atoms with Crippen molar-refractivity contribution >= 4 is 23.2 Å². The van der Waals surface area contributed by atoms with Crippen molar-refractivity contribution in [1.29, 1.82) is 0 Å². The van der Waals surface area contributed by atoms with Gasteiger partial charge in [0.1, 0.15) is 0 Å². The summed E-state index contributed by atoms with van der Waals surface area (Å²) < 4.78 is 4.89. The van der Waals surface area contributed by atoms with Crippen LogP contribution in [-0.4, -0.2) is 12.1 Å². The monoisotopic (exact) mass is 191 g/mol. The molecular formula is C7H7Cl2NO. The average molecular weight is 192 g/mol. The Hall–Kier alpha value is -0.310. The van der Waals surface area contributed by atoms with Gasteiger partial charge in [0.05, 0.1) is 16.7 Å². The topological polar surface area (TPSA) is 22.1 Å². The molecule has 11 heavy (non-hydrogen) atoms. The Morgan fingerprint density at radius 3 is 2.36 bits per heavy atom. The van der Waals surface area contributed by atoms with Gasteiger partial charge >= 0.3 is 0 Å². The standard InChI is InChI=1S/C7H7Cl2NO/c1-11-4-5-6(8)2-10-3-7(5)9/h2-3H,4H2,1H3. The van der Waals surface area contributed by atoms with Gasteiger partial charge in [0.15, 0.2) is 0 Å². The summed E-state index contributed by atoms with van der Waals surface area (Å²) in [4.78, 5) is 3.81. The van der Waals surface area contributed by atoms with Gasteiger partial charge in [0.2, 0.25) is 0 Å². The van der Waals surface area contributed by atoms with Crippen LogP contribution in [0.3, 0.4) is 0 Å². The number of methoxy groups -OCH3 is 1. The van der Waals surface area contributed by atoms with Crippen molar-refractivity contribution in [2.45, 2.75) is 6.61 Å². The lowest BCUT2D eigenvalue weighted by Gasteiger charge is -2.03. The molecule has 1 rings (SSSR count). The van der Waals surface area contributed by atoms with Gasteiger partial charge < -0.3 is 4.74 Å². The van der Waals surface area contributed by atoms with Crippen LogP contribution in [0.1, 0.15) is 5.56 Å². The van der Waals surface area contributed by atoms with Crippen LogP contribution >= 0.6 is 23.2 Å². The minimum atomic E-state index is 0.417. The van der Waals surface area contributed by atoms with Crippen molar-refractivity contribution < 1.29 is 4.74 Å². The van der Waals surface area contributed by atoms with Gasteiger partial charge in [0.25, 0.3) is 0 Å². The Morgan fingerprint density at radius 1 is 1.36 bits per heavy atom. The molecule has 2 nitrogen and oxygen atoms in total. The number of aromatic nitrogens is 1. The highest BCUT2D eigenvalue weighted by molar-refractivity contribution is 6.35. The van der Waals surface area contributed by atoms with Crippen LogP contribution < -0.4 is 0 Å². The predicted octanol–water partition coefficient (Wildman–Crippen LogP) is 2.53.